The third kappa shape index (κ3) is 6.43. The number of alkyl halides is 2. The van der Waals surface area contributed by atoms with Crippen LogP contribution in [0.2, 0.25) is 5.02 Å². The molecule has 2 atom stereocenters. The number of halogens is 2. The van der Waals surface area contributed by atoms with Crippen molar-refractivity contribution in [2.45, 2.75) is 46.9 Å². The summed E-state index contributed by atoms with van der Waals surface area (Å²) in [5.41, 5.74) is 0. The fourth-order valence-corrected chi connectivity index (χ4v) is 9.68. The summed E-state index contributed by atoms with van der Waals surface area (Å²) in [5.74, 6) is 2.40. The van der Waals surface area contributed by atoms with Crippen molar-refractivity contribution in [2.75, 3.05) is 50.0 Å². The van der Waals surface area contributed by atoms with E-state index in [4.69, 9.17) is 16.3 Å². The van der Waals surface area contributed by atoms with Gasteiger partial charge < -0.3 is 0 Å². The normalized spacial score (nSPS) is 26.6. The number of hydrogen-bond donors (Lipinski definition) is 0. The van der Waals surface area contributed by atoms with Crippen LogP contribution in [0.25, 0.3) is 0 Å². The van der Waals surface area contributed by atoms with E-state index in [1.165, 1.54) is 12.8 Å². The molecule has 4 rings (SSSR count). The number of anilines is 1. The van der Waals surface area contributed by atoms with Crippen LogP contribution in [0.15, 0.2) is 12.4 Å². The molecule has 3 aliphatic heterocycles. The van der Waals surface area contributed by atoms with Crippen molar-refractivity contribution < 1.29 is 34.4 Å². The zero-order valence-electron chi connectivity index (χ0n) is 18.1. The summed E-state index contributed by atoms with van der Waals surface area (Å²) in [6.07, 6.45) is 8.32. The molecule has 1 aromatic heterocycles. The number of hydrogen-bond acceptors (Lipinski definition) is 6. The van der Waals surface area contributed by atoms with Gasteiger partial charge in [0.15, 0.2) is 0 Å². The fourth-order valence-electron chi connectivity index (χ4n) is 4.65. The first-order valence-corrected chi connectivity index (χ1v) is 15.8. The second kappa shape index (κ2) is 10.8. The Hall–Kier alpha value is -0.230. The molecular weight excluding hydrogens is 551 g/mol. The van der Waals surface area contributed by atoms with Gasteiger partial charge in [0, 0.05) is 0 Å². The van der Waals surface area contributed by atoms with E-state index in [9.17, 15) is 8.42 Å². The maximum absolute atomic E-state index is 12.2. The Bertz CT molecular complexity index is 812. The zero-order chi connectivity index (χ0) is 21.8. The van der Waals surface area contributed by atoms with Crippen LogP contribution in [0.3, 0.4) is 0 Å². The summed E-state index contributed by atoms with van der Waals surface area (Å²) in [5, 5.41) is 0.580. The summed E-state index contributed by atoms with van der Waals surface area (Å²) in [4.78, 5) is 11.0. The average Bonchev–Trinajstić information content (AvgIpc) is 3.54. The maximum atomic E-state index is 12.2. The van der Waals surface area contributed by atoms with Gasteiger partial charge in [0.05, 0.1) is 0 Å². The van der Waals surface area contributed by atoms with Gasteiger partial charge in [0.1, 0.15) is 0 Å². The van der Waals surface area contributed by atoms with Crippen molar-refractivity contribution in [3.8, 4) is 0 Å². The van der Waals surface area contributed by atoms with Crippen LogP contribution in [-0.4, -0.2) is 75.7 Å². The van der Waals surface area contributed by atoms with E-state index in [0.29, 0.717) is 30.5 Å². The molecule has 31 heavy (non-hydrogen) atoms. The predicted molar refractivity (Wildman–Crippen MR) is 119 cm³/mol. The molecule has 0 aromatic carbocycles. The minimum atomic E-state index is -3.04. The molecule has 176 valence electrons. The molecule has 0 amide bonds. The van der Waals surface area contributed by atoms with Crippen molar-refractivity contribution in [1.82, 2.24) is 14.3 Å². The molecule has 0 spiro atoms. The number of sulfonamides is 1. The van der Waals surface area contributed by atoms with Gasteiger partial charge in [-0.15, -0.1) is 0 Å². The molecule has 0 saturated carbocycles. The molecule has 3 aliphatic rings. The van der Waals surface area contributed by atoms with Crippen LogP contribution >= 0.6 is 11.6 Å². The molecule has 3 saturated heterocycles. The van der Waals surface area contributed by atoms with Gasteiger partial charge in [-0.2, -0.15) is 0 Å². The average molecular weight is 584 g/mol. The predicted octanol–water partition coefficient (Wildman–Crippen LogP) is -0.345. The molecular formula is C21H33ClIN4O3S-. The summed E-state index contributed by atoms with van der Waals surface area (Å²) >= 11 is 6.16. The Kier molecular flexibility index (Phi) is 8.33. The van der Waals surface area contributed by atoms with Crippen LogP contribution in [-0.2, 0) is 14.8 Å². The van der Waals surface area contributed by atoms with Crippen molar-refractivity contribution in [3.63, 3.8) is 0 Å². The minimum absolute atomic E-state index is 0.270. The van der Waals surface area contributed by atoms with Crippen LogP contribution in [0.5, 0.6) is 0 Å². The Labute approximate surface area is 201 Å². The first-order chi connectivity index (χ1) is 15.0. The van der Waals surface area contributed by atoms with E-state index in [-0.39, 0.29) is 27.0 Å². The molecule has 7 nitrogen and oxygen atoms in total. The van der Waals surface area contributed by atoms with Crippen LogP contribution < -0.4 is 26.1 Å². The van der Waals surface area contributed by atoms with Gasteiger partial charge >= 0.3 is 202 Å². The standard InChI is InChI=1S/C21H33ClIN4O3S/c1-2-11-31(28,29)27-9-3-16(4-10-27)14-30-15-19-20(23-19)17-5-7-26(8-6-17)21-24-12-18(22)13-25-21/h12-13,16-17,19-20H,2-11,14-15H2,1H3/q-1/t19-,20+/m0/s1. The second-order valence-electron chi connectivity index (χ2n) is 8.81. The van der Waals surface area contributed by atoms with Crippen molar-refractivity contribution in [3.05, 3.63) is 17.4 Å². The van der Waals surface area contributed by atoms with Gasteiger partial charge in [0.25, 0.3) is 0 Å². The molecule has 0 N–H and O–H groups in total. The third-order valence-corrected chi connectivity index (χ3v) is 12.7. The molecule has 4 heterocycles. The van der Waals surface area contributed by atoms with Gasteiger partial charge in [-0.25, -0.2) is 0 Å². The molecule has 0 unspecified atom stereocenters. The quantitative estimate of drug-likeness (QED) is 0.293. The van der Waals surface area contributed by atoms with Crippen molar-refractivity contribution in [1.29, 1.82) is 0 Å². The number of ether oxygens (including phenoxy) is 1. The molecule has 0 bridgehead atoms. The Morgan fingerprint density at radius 2 is 1.77 bits per heavy atom. The van der Waals surface area contributed by atoms with E-state index in [1.807, 2.05) is 6.92 Å². The van der Waals surface area contributed by atoms with Gasteiger partial charge in [0.2, 0.25) is 0 Å². The first kappa shape index (κ1) is 23.9. The number of nitrogens with zero attached hydrogens (tertiary/aromatic N) is 4. The summed E-state index contributed by atoms with van der Waals surface area (Å²) in [7, 11) is -3.04. The van der Waals surface area contributed by atoms with E-state index in [2.05, 4.69) is 14.9 Å². The van der Waals surface area contributed by atoms with Gasteiger partial charge in [-0.3, -0.25) is 0 Å². The number of piperidine rings is 2. The SMILES string of the molecule is CCCS(=O)(=O)N1CCC(COC[C@@H]2[I-][C@@H]2C2CCN(c3ncc(Cl)cn3)CC2)CC1. The van der Waals surface area contributed by atoms with Gasteiger partial charge in [-0.05, 0) is 0 Å². The first-order valence-electron chi connectivity index (χ1n) is 11.4. The topological polar surface area (TPSA) is 75.6 Å². The Morgan fingerprint density at radius 3 is 2.42 bits per heavy atom. The zero-order valence-corrected chi connectivity index (χ0v) is 21.9. The van der Waals surface area contributed by atoms with Crippen LogP contribution in [0.4, 0.5) is 5.95 Å². The van der Waals surface area contributed by atoms with Crippen LogP contribution in [0.1, 0.15) is 39.0 Å². The summed E-state index contributed by atoms with van der Waals surface area (Å²) in [6, 6.07) is 0. The van der Waals surface area contributed by atoms with Gasteiger partial charge in [-0.1, -0.05) is 0 Å². The summed E-state index contributed by atoms with van der Waals surface area (Å²) in [6.45, 7) is 6.99. The monoisotopic (exact) mass is 583 g/mol. The van der Waals surface area contributed by atoms with E-state index < -0.39 is 10.0 Å². The molecule has 0 aliphatic carbocycles. The van der Waals surface area contributed by atoms with Crippen molar-refractivity contribution in [2.24, 2.45) is 11.8 Å². The van der Waals surface area contributed by atoms with E-state index >= 15 is 0 Å². The van der Waals surface area contributed by atoms with E-state index in [0.717, 1.165) is 58.9 Å². The number of rotatable bonds is 9. The van der Waals surface area contributed by atoms with E-state index in [1.54, 1.807) is 16.7 Å². The van der Waals surface area contributed by atoms with Crippen LogP contribution in [0, 0.1) is 11.8 Å². The van der Waals surface area contributed by atoms with Crippen molar-refractivity contribution >= 4 is 27.6 Å². The molecule has 10 heteroatoms. The second-order valence-corrected chi connectivity index (χ2v) is 15.1. The number of aromatic nitrogens is 2. The Morgan fingerprint density at radius 1 is 1.10 bits per heavy atom. The molecule has 1 aromatic rings. The molecule has 3 fully saturated rings. The summed E-state index contributed by atoms with van der Waals surface area (Å²) < 4.78 is 33.9. The third-order valence-electron chi connectivity index (χ3n) is 6.52. The fraction of sp³-hybridized carbons (Fsp3) is 0.810. The Balaban J connectivity index is 1.11. The molecule has 0 radical (unpaired) electrons.